The molecule has 0 radical (unpaired) electrons. The van der Waals surface area contributed by atoms with E-state index >= 15 is 0 Å². The number of rotatable bonds is 1. The number of cyclic esters (lactones) is 2. The topological polar surface area (TPSA) is 43.4 Å². The van der Waals surface area contributed by atoms with Gasteiger partial charge in [-0.25, -0.2) is 0 Å². The highest BCUT2D eigenvalue weighted by molar-refractivity contribution is 5.91. The van der Waals surface area contributed by atoms with Crippen molar-refractivity contribution >= 4 is 11.9 Å². The average Bonchev–Trinajstić information content (AvgIpc) is 1.98. The van der Waals surface area contributed by atoms with Crippen molar-refractivity contribution < 1.29 is 14.3 Å². The molecule has 62 valence electrons. The number of carbonyl (C=O) groups is 2. The predicted molar refractivity (Wildman–Crippen MR) is 38.7 cm³/mol. The molecule has 3 heteroatoms. The molecule has 1 aliphatic rings. The maximum Gasteiger partial charge on any atom is 0.319 e. The third-order valence-corrected chi connectivity index (χ3v) is 2.36. The number of ether oxygens (including phenoxy) is 1. The Kier molecular flexibility index (Phi) is 1.98. The molecule has 0 aromatic rings. The zero-order chi connectivity index (χ0) is 8.48. The summed E-state index contributed by atoms with van der Waals surface area (Å²) < 4.78 is 4.51. The Morgan fingerprint density at radius 3 is 2.64 bits per heavy atom. The lowest BCUT2D eigenvalue weighted by Crippen LogP contribution is -2.36. The van der Waals surface area contributed by atoms with Crippen LogP contribution in [0, 0.1) is 5.41 Å². The molecule has 1 atom stereocenters. The van der Waals surface area contributed by atoms with E-state index in [4.69, 9.17) is 0 Å². The van der Waals surface area contributed by atoms with E-state index in [9.17, 15) is 9.59 Å². The standard InChI is InChI=1S/C8H12O3/c1-3-8(2)5-4-6(9)11-7(8)10/h3-5H2,1-2H3. The van der Waals surface area contributed by atoms with Gasteiger partial charge < -0.3 is 4.74 Å². The summed E-state index contributed by atoms with van der Waals surface area (Å²) in [6.07, 6.45) is 1.73. The molecule has 1 unspecified atom stereocenters. The van der Waals surface area contributed by atoms with E-state index < -0.39 is 5.41 Å². The molecule has 1 fully saturated rings. The minimum absolute atomic E-state index is 0.365. The summed E-state index contributed by atoms with van der Waals surface area (Å²) in [5, 5.41) is 0. The molecule has 0 N–H and O–H groups in total. The van der Waals surface area contributed by atoms with Crippen LogP contribution < -0.4 is 0 Å². The third kappa shape index (κ3) is 1.42. The summed E-state index contributed by atoms with van der Waals surface area (Å²) in [5.74, 6) is -0.753. The van der Waals surface area contributed by atoms with E-state index in [1.165, 1.54) is 0 Å². The highest BCUT2D eigenvalue weighted by Crippen LogP contribution is 2.32. The molecule has 1 saturated heterocycles. The van der Waals surface area contributed by atoms with Crippen LogP contribution in [0.15, 0.2) is 0 Å². The first-order valence-electron chi connectivity index (χ1n) is 3.83. The van der Waals surface area contributed by atoms with Gasteiger partial charge in [0.15, 0.2) is 0 Å². The molecule has 0 aliphatic carbocycles. The molecule has 1 rings (SSSR count). The predicted octanol–water partition coefficient (Wildman–Crippen LogP) is 1.27. The maximum absolute atomic E-state index is 11.1. The number of hydrogen-bond acceptors (Lipinski definition) is 3. The molecule has 0 bridgehead atoms. The first kappa shape index (κ1) is 8.24. The fourth-order valence-corrected chi connectivity index (χ4v) is 1.08. The molecular weight excluding hydrogens is 144 g/mol. The smallest absolute Gasteiger partial charge is 0.319 e. The van der Waals surface area contributed by atoms with Crippen LogP contribution in [0.3, 0.4) is 0 Å². The minimum atomic E-state index is -0.423. The molecule has 0 saturated carbocycles. The van der Waals surface area contributed by atoms with E-state index in [1.807, 2.05) is 13.8 Å². The van der Waals surface area contributed by atoms with Crippen molar-refractivity contribution in [2.75, 3.05) is 0 Å². The number of carbonyl (C=O) groups excluding carboxylic acids is 2. The zero-order valence-corrected chi connectivity index (χ0v) is 6.85. The summed E-state index contributed by atoms with van der Waals surface area (Å²) >= 11 is 0. The van der Waals surface area contributed by atoms with Crippen LogP contribution in [0.5, 0.6) is 0 Å². The average molecular weight is 156 g/mol. The van der Waals surface area contributed by atoms with Gasteiger partial charge in [0.05, 0.1) is 5.41 Å². The fourth-order valence-electron chi connectivity index (χ4n) is 1.08. The summed E-state index contributed by atoms with van der Waals surface area (Å²) in [6.45, 7) is 3.76. The van der Waals surface area contributed by atoms with Gasteiger partial charge in [-0.2, -0.15) is 0 Å². The zero-order valence-electron chi connectivity index (χ0n) is 6.85. The first-order valence-corrected chi connectivity index (χ1v) is 3.83. The summed E-state index contributed by atoms with van der Waals surface area (Å²) in [4.78, 5) is 21.7. The second-order valence-electron chi connectivity index (χ2n) is 3.18. The molecule has 0 amide bonds. The number of hydrogen-bond donors (Lipinski definition) is 0. The van der Waals surface area contributed by atoms with Gasteiger partial charge in [0.25, 0.3) is 0 Å². The molecule has 0 spiro atoms. The van der Waals surface area contributed by atoms with Gasteiger partial charge in [0, 0.05) is 6.42 Å². The molecule has 11 heavy (non-hydrogen) atoms. The van der Waals surface area contributed by atoms with Crippen molar-refractivity contribution in [3.63, 3.8) is 0 Å². The molecule has 0 aromatic heterocycles. The van der Waals surface area contributed by atoms with Crippen molar-refractivity contribution in [2.45, 2.75) is 33.1 Å². The van der Waals surface area contributed by atoms with Crippen LogP contribution in [0.1, 0.15) is 33.1 Å². The lowest BCUT2D eigenvalue weighted by molar-refractivity contribution is -0.173. The Balaban J connectivity index is 2.71. The molecular formula is C8H12O3. The van der Waals surface area contributed by atoms with Crippen molar-refractivity contribution in [1.29, 1.82) is 0 Å². The monoisotopic (exact) mass is 156 g/mol. The van der Waals surface area contributed by atoms with Gasteiger partial charge in [-0.15, -0.1) is 0 Å². The van der Waals surface area contributed by atoms with Crippen LogP contribution in [-0.2, 0) is 14.3 Å². The van der Waals surface area contributed by atoms with Crippen molar-refractivity contribution in [3.05, 3.63) is 0 Å². The third-order valence-electron chi connectivity index (χ3n) is 2.36. The molecule has 1 heterocycles. The Bertz CT molecular complexity index is 198. The molecule has 1 aliphatic heterocycles. The minimum Gasteiger partial charge on any atom is -0.393 e. The largest absolute Gasteiger partial charge is 0.393 e. The lowest BCUT2D eigenvalue weighted by atomic mass is 9.81. The van der Waals surface area contributed by atoms with Gasteiger partial charge in [0.1, 0.15) is 0 Å². The van der Waals surface area contributed by atoms with E-state index in [0.717, 1.165) is 6.42 Å². The lowest BCUT2D eigenvalue weighted by Gasteiger charge is -2.28. The van der Waals surface area contributed by atoms with Gasteiger partial charge in [-0.1, -0.05) is 6.92 Å². The maximum atomic E-state index is 11.1. The van der Waals surface area contributed by atoms with Crippen LogP contribution in [0.4, 0.5) is 0 Å². The quantitative estimate of drug-likeness (QED) is 0.424. The Hall–Kier alpha value is -0.860. The Morgan fingerprint density at radius 2 is 2.18 bits per heavy atom. The fraction of sp³-hybridized carbons (Fsp3) is 0.750. The van der Waals surface area contributed by atoms with Crippen LogP contribution in [0.2, 0.25) is 0 Å². The van der Waals surface area contributed by atoms with E-state index in [-0.39, 0.29) is 11.9 Å². The Labute approximate surface area is 65.7 Å². The van der Waals surface area contributed by atoms with E-state index in [1.54, 1.807) is 0 Å². The second-order valence-corrected chi connectivity index (χ2v) is 3.18. The van der Waals surface area contributed by atoms with Gasteiger partial charge in [-0.3, -0.25) is 9.59 Å². The van der Waals surface area contributed by atoms with Crippen LogP contribution >= 0.6 is 0 Å². The summed E-state index contributed by atoms with van der Waals surface area (Å²) in [7, 11) is 0. The first-order chi connectivity index (χ1) is 5.08. The molecule has 3 nitrogen and oxygen atoms in total. The van der Waals surface area contributed by atoms with Crippen molar-refractivity contribution in [1.82, 2.24) is 0 Å². The summed E-state index contributed by atoms with van der Waals surface area (Å²) in [5.41, 5.74) is -0.423. The van der Waals surface area contributed by atoms with Gasteiger partial charge in [0.2, 0.25) is 0 Å². The van der Waals surface area contributed by atoms with Gasteiger partial charge in [-0.05, 0) is 19.8 Å². The SMILES string of the molecule is CCC1(C)CCC(=O)OC1=O. The Morgan fingerprint density at radius 1 is 1.55 bits per heavy atom. The van der Waals surface area contributed by atoms with E-state index in [0.29, 0.717) is 12.8 Å². The van der Waals surface area contributed by atoms with E-state index in [2.05, 4.69) is 4.74 Å². The normalized spacial score (nSPS) is 31.8. The van der Waals surface area contributed by atoms with Crippen molar-refractivity contribution in [3.8, 4) is 0 Å². The number of esters is 2. The van der Waals surface area contributed by atoms with Crippen molar-refractivity contribution in [2.24, 2.45) is 5.41 Å². The highest BCUT2D eigenvalue weighted by atomic mass is 16.6. The second kappa shape index (κ2) is 2.64. The molecule has 0 aromatic carbocycles. The van der Waals surface area contributed by atoms with Gasteiger partial charge >= 0.3 is 11.9 Å². The van der Waals surface area contributed by atoms with Crippen LogP contribution in [0.25, 0.3) is 0 Å². The highest BCUT2D eigenvalue weighted by Gasteiger charge is 2.38. The summed E-state index contributed by atoms with van der Waals surface area (Å²) in [6, 6.07) is 0. The van der Waals surface area contributed by atoms with Crippen LogP contribution in [-0.4, -0.2) is 11.9 Å².